The van der Waals surface area contributed by atoms with E-state index in [1.165, 1.54) is 0 Å². The van der Waals surface area contributed by atoms with Crippen LogP contribution in [0.2, 0.25) is 0 Å². The van der Waals surface area contributed by atoms with Crippen LogP contribution in [0.3, 0.4) is 0 Å². The first kappa shape index (κ1) is 28.8. The van der Waals surface area contributed by atoms with Gasteiger partial charge in [0.05, 0.1) is 25.6 Å². The highest BCUT2D eigenvalue weighted by Crippen LogP contribution is 2.42. The van der Waals surface area contributed by atoms with Gasteiger partial charge in [-0.3, -0.25) is 4.79 Å². The molecule has 0 aromatic heterocycles. The number of hydrogen-bond donors (Lipinski definition) is 4. The molecule has 0 heterocycles. The lowest BCUT2D eigenvalue weighted by Crippen LogP contribution is -2.23. The van der Waals surface area contributed by atoms with Crippen LogP contribution in [0, 0.1) is 6.92 Å². The van der Waals surface area contributed by atoms with E-state index in [2.05, 4.69) is 17.2 Å². The van der Waals surface area contributed by atoms with Gasteiger partial charge in [-0.15, -0.1) is 6.58 Å². The van der Waals surface area contributed by atoms with Gasteiger partial charge in [0.25, 0.3) is 5.91 Å². The molecule has 0 aliphatic rings. The van der Waals surface area contributed by atoms with E-state index in [-0.39, 0.29) is 18.4 Å². The number of carbonyl (C=O) groups excluding carboxylic acids is 1. The van der Waals surface area contributed by atoms with Crippen molar-refractivity contribution >= 4 is 23.4 Å². The average molecular weight is 552 g/mol. The van der Waals surface area contributed by atoms with Crippen molar-refractivity contribution in [3.8, 4) is 22.6 Å². The highest BCUT2D eigenvalue weighted by Gasteiger charge is 2.26. The van der Waals surface area contributed by atoms with Gasteiger partial charge in [-0.1, -0.05) is 60.2 Å². The first-order valence-corrected chi connectivity index (χ1v) is 13.0. The number of nitrogens with one attached hydrogen (secondary N) is 2. The Morgan fingerprint density at radius 3 is 2.32 bits per heavy atom. The number of allylic oxidation sites excluding steroid dienone is 1. The molecule has 5 N–H and O–H groups in total. The second-order valence-corrected chi connectivity index (χ2v) is 9.45. The van der Waals surface area contributed by atoms with Gasteiger partial charge in [-0.2, -0.15) is 0 Å². The van der Waals surface area contributed by atoms with E-state index >= 15 is 0 Å². The third kappa shape index (κ3) is 6.33. The lowest BCUT2D eigenvalue weighted by Gasteiger charge is -2.25. The van der Waals surface area contributed by atoms with E-state index in [4.69, 9.17) is 15.2 Å². The Labute approximate surface area is 239 Å². The number of nitrogens with two attached hydrogens (primary N) is 1. The van der Waals surface area contributed by atoms with E-state index in [0.29, 0.717) is 45.1 Å². The number of nitrogen functional groups attached to an aromatic ring is 1. The molecule has 2 amide bonds. The van der Waals surface area contributed by atoms with Gasteiger partial charge in [0, 0.05) is 18.0 Å². The van der Waals surface area contributed by atoms with Crippen molar-refractivity contribution in [3.63, 3.8) is 0 Å². The summed E-state index contributed by atoms with van der Waals surface area (Å²) < 4.78 is 11.0. The number of benzene rings is 4. The third-order valence-electron chi connectivity index (χ3n) is 6.87. The van der Waals surface area contributed by atoms with Crippen molar-refractivity contribution in [2.24, 2.45) is 0 Å². The third-order valence-corrected chi connectivity index (χ3v) is 6.87. The number of carbonyl (C=O) groups is 2. The molecule has 8 heteroatoms. The van der Waals surface area contributed by atoms with E-state index in [0.717, 1.165) is 16.7 Å². The maximum Gasteiger partial charge on any atom is 0.404 e. The number of amides is 2. The molecule has 4 aromatic rings. The fourth-order valence-electron chi connectivity index (χ4n) is 4.83. The van der Waals surface area contributed by atoms with Gasteiger partial charge >= 0.3 is 6.09 Å². The van der Waals surface area contributed by atoms with Crippen molar-refractivity contribution in [1.82, 2.24) is 5.32 Å². The monoisotopic (exact) mass is 551 g/mol. The lowest BCUT2D eigenvalue weighted by molar-refractivity contribution is 0.102. The number of methoxy groups -OCH3 is 2. The minimum absolute atomic E-state index is 0.0225. The Morgan fingerprint density at radius 1 is 0.976 bits per heavy atom. The lowest BCUT2D eigenvalue weighted by atomic mass is 9.80. The van der Waals surface area contributed by atoms with Crippen molar-refractivity contribution in [2.75, 3.05) is 25.3 Å². The fourth-order valence-corrected chi connectivity index (χ4v) is 4.83. The molecule has 210 valence electrons. The summed E-state index contributed by atoms with van der Waals surface area (Å²) in [5.41, 5.74) is 12.1. The highest BCUT2D eigenvalue weighted by atomic mass is 16.5. The summed E-state index contributed by atoms with van der Waals surface area (Å²) in [5, 5.41) is 14.8. The number of hydrogen-bond acceptors (Lipinski definition) is 5. The topological polar surface area (TPSA) is 123 Å². The number of carboxylic acid groups (broad SMARTS) is 1. The predicted molar refractivity (Wildman–Crippen MR) is 162 cm³/mol. The zero-order valence-electron chi connectivity index (χ0n) is 23.2. The predicted octanol–water partition coefficient (Wildman–Crippen LogP) is 6.60. The van der Waals surface area contributed by atoms with Crippen LogP contribution >= 0.6 is 0 Å². The second-order valence-electron chi connectivity index (χ2n) is 9.45. The molecule has 0 spiro atoms. The van der Waals surface area contributed by atoms with Crippen LogP contribution in [0.4, 0.5) is 16.2 Å². The Morgan fingerprint density at radius 2 is 1.68 bits per heavy atom. The normalized spacial score (nSPS) is 11.3. The van der Waals surface area contributed by atoms with Gasteiger partial charge < -0.3 is 30.9 Å². The van der Waals surface area contributed by atoms with Gasteiger partial charge in [0.2, 0.25) is 0 Å². The SMILES string of the molecule is C=CC(c1ccc(C)cc1)c1c(CNC(=O)O)ccc(C(=O)Nc2ccccc2N)c1-c1ccc(OC)c(OC)c1. The number of ether oxygens (including phenoxy) is 2. The van der Waals surface area contributed by atoms with E-state index in [9.17, 15) is 14.7 Å². The Balaban J connectivity index is 2.03. The first-order chi connectivity index (χ1) is 19.8. The standard InChI is InChI=1S/C33H33N3O5/c1-5-24(21-12-10-20(2)11-13-21)31-23(19-35-33(38)39)14-16-25(32(37)36-27-9-7-6-8-26(27)34)30(31)22-15-17-28(40-3)29(18-22)41-4/h5-18,24,35H,1,19,34H2,2-4H3,(H,36,37)(H,38,39). The molecule has 0 aliphatic carbocycles. The number of rotatable bonds is 10. The summed E-state index contributed by atoms with van der Waals surface area (Å²) in [6.45, 7) is 6.15. The molecule has 0 fully saturated rings. The largest absolute Gasteiger partial charge is 0.493 e. The van der Waals surface area contributed by atoms with Crippen LogP contribution in [-0.2, 0) is 6.54 Å². The minimum atomic E-state index is -1.16. The number of para-hydroxylation sites is 2. The van der Waals surface area contributed by atoms with Crippen LogP contribution in [0.1, 0.15) is 38.5 Å². The Bertz CT molecular complexity index is 1580. The molecule has 0 saturated heterocycles. The van der Waals surface area contributed by atoms with Gasteiger partial charge in [-0.25, -0.2) is 4.79 Å². The van der Waals surface area contributed by atoms with Crippen LogP contribution in [0.25, 0.3) is 11.1 Å². The second kappa shape index (κ2) is 12.7. The van der Waals surface area contributed by atoms with E-state index in [1.54, 1.807) is 68.8 Å². The van der Waals surface area contributed by atoms with Crippen molar-refractivity contribution < 1.29 is 24.2 Å². The molecular weight excluding hydrogens is 518 g/mol. The zero-order chi connectivity index (χ0) is 29.5. The molecule has 0 bridgehead atoms. The molecule has 0 radical (unpaired) electrons. The molecule has 4 rings (SSSR count). The quantitative estimate of drug-likeness (QED) is 0.130. The highest BCUT2D eigenvalue weighted by molar-refractivity contribution is 6.10. The maximum atomic E-state index is 13.9. The molecular formula is C33H33N3O5. The van der Waals surface area contributed by atoms with Crippen molar-refractivity contribution in [3.05, 3.63) is 119 Å². The van der Waals surface area contributed by atoms with Gasteiger partial charge in [-0.05, 0) is 65.1 Å². The molecule has 0 aliphatic heterocycles. The maximum absolute atomic E-state index is 13.9. The molecule has 0 saturated carbocycles. The summed E-state index contributed by atoms with van der Waals surface area (Å²) >= 11 is 0. The molecule has 1 atom stereocenters. The zero-order valence-corrected chi connectivity index (χ0v) is 23.2. The van der Waals surface area contributed by atoms with E-state index < -0.39 is 6.09 Å². The van der Waals surface area contributed by atoms with Crippen molar-refractivity contribution in [2.45, 2.75) is 19.4 Å². The Kier molecular flexibility index (Phi) is 8.94. The smallest absolute Gasteiger partial charge is 0.404 e. The minimum Gasteiger partial charge on any atom is -0.493 e. The average Bonchev–Trinajstić information content (AvgIpc) is 2.98. The molecule has 41 heavy (non-hydrogen) atoms. The summed E-state index contributed by atoms with van der Waals surface area (Å²) in [7, 11) is 3.09. The van der Waals surface area contributed by atoms with E-state index in [1.807, 2.05) is 37.3 Å². The Hall–Kier alpha value is -5.24. The number of aryl methyl sites for hydroxylation is 1. The molecule has 8 nitrogen and oxygen atoms in total. The molecule has 1 unspecified atom stereocenters. The summed E-state index contributed by atoms with van der Waals surface area (Å²) in [5.74, 6) is 0.259. The van der Waals surface area contributed by atoms with Crippen molar-refractivity contribution in [1.29, 1.82) is 0 Å². The first-order valence-electron chi connectivity index (χ1n) is 13.0. The summed E-state index contributed by atoms with van der Waals surface area (Å²) in [4.78, 5) is 25.4. The van der Waals surface area contributed by atoms with Crippen LogP contribution in [0.15, 0.2) is 91.5 Å². The summed E-state index contributed by atoms with van der Waals surface area (Å²) in [6, 6.07) is 23.9. The molecule has 4 aromatic carbocycles. The fraction of sp³-hybridized carbons (Fsp3) is 0.152. The van der Waals surface area contributed by atoms with Crippen LogP contribution < -0.4 is 25.8 Å². The number of anilines is 2. The van der Waals surface area contributed by atoms with Gasteiger partial charge in [0.1, 0.15) is 0 Å². The van der Waals surface area contributed by atoms with Crippen LogP contribution in [-0.4, -0.2) is 31.3 Å². The summed E-state index contributed by atoms with van der Waals surface area (Å²) in [6.07, 6.45) is 0.640. The van der Waals surface area contributed by atoms with Gasteiger partial charge in [0.15, 0.2) is 11.5 Å². The van der Waals surface area contributed by atoms with Crippen LogP contribution in [0.5, 0.6) is 11.5 Å².